The number of nitrogens with one attached hydrogen (secondary N) is 2. The third kappa shape index (κ3) is 3.22. The molecule has 2 rings (SSSR count). The van der Waals surface area contributed by atoms with Crippen LogP contribution in [0.3, 0.4) is 0 Å². The van der Waals surface area contributed by atoms with E-state index in [9.17, 15) is 14.9 Å². The van der Waals surface area contributed by atoms with Gasteiger partial charge in [0.05, 0.1) is 11.1 Å². The smallest absolute Gasteiger partial charge is 0.273 e. The number of benzene rings is 1. The molecule has 0 aliphatic rings. The lowest BCUT2D eigenvalue weighted by Gasteiger charge is -1.96. The van der Waals surface area contributed by atoms with E-state index in [0.717, 1.165) is 0 Å². The standard InChI is InChI=1S/C11H9N5O3/c17-11(10-4-5-12-14-10)15-13-7-8-2-1-3-9(6-8)16(18)19/h1-7H,(H,12,14)(H,15,17)/b13-7-. The van der Waals surface area contributed by atoms with E-state index in [0.29, 0.717) is 5.56 Å². The number of carbonyl (C=O) groups is 1. The molecule has 1 heterocycles. The van der Waals surface area contributed by atoms with Crippen LogP contribution in [0.25, 0.3) is 0 Å². The average Bonchev–Trinajstić information content (AvgIpc) is 2.93. The minimum Gasteiger partial charge on any atom is -0.273 e. The molecule has 0 radical (unpaired) electrons. The Kier molecular flexibility index (Phi) is 3.62. The van der Waals surface area contributed by atoms with Crippen molar-refractivity contribution in [2.24, 2.45) is 5.10 Å². The molecule has 8 nitrogen and oxygen atoms in total. The summed E-state index contributed by atoms with van der Waals surface area (Å²) in [5.41, 5.74) is 3.02. The van der Waals surface area contributed by atoms with Gasteiger partial charge in [-0.3, -0.25) is 20.0 Å². The molecule has 0 aliphatic heterocycles. The molecule has 0 spiro atoms. The van der Waals surface area contributed by atoms with Gasteiger partial charge in [0.1, 0.15) is 5.69 Å². The molecular formula is C11H9N5O3. The summed E-state index contributed by atoms with van der Waals surface area (Å²) >= 11 is 0. The van der Waals surface area contributed by atoms with Crippen molar-refractivity contribution < 1.29 is 9.72 Å². The molecule has 1 aromatic heterocycles. The first-order chi connectivity index (χ1) is 9.16. The van der Waals surface area contributed by atoms with E-state index in [-0.39, 0.29) is 11.4 Å². The summed E-state index contributed by atoms with van der Waals surface area (Å²) in [6.45, 7) is 0. The van der Waals surface area contributed by atoms with E-state index in [1.165, 1.54) is 36.7 Å². The van der Waals surface area contributed by atoms with Crippen molar-refractivity contribution in [1.29, 1.82) is 0 Å². The number of aromatic amines is 1. The molecule has 8 heteroatoms. The predicted molar refractivity (Wildman–Crippen MR) is 66.7 cm³/mol. The van der Waals surface area contributed by atoms with Crippen molar-refractivity contribution in [3.8, 4) is 0 Å². The van der Waals surface area contributed by atoms with Crippen LogP contribution in [-0.4, -0.2) is 27.2 Å². The molecule has 0 saturated carbocycles. The van der Waals surface area contributed by atoms with Crippen LogP contribution in [0, 0.1) is 10.1 Å². The number of hydrogen-bond donors (Lipinski definition) is 2. The Balaban J connectivity index is 2.01. The van der Waals surface area contributed by atoms with Gasteiger partial charge >= 0.3 is 0 Å². The summed E-state index contributed by atoms with van der Waals surface area (Å²) in [5.74, 6) is -0.445. The predicted octanol–water partition coefficient (Wildman–Crippen LogP) is 1.08. The number of nitro benzene ring substituents is 1. The summed E-state index contributed by atoms with van der Waals surface area (Å²) in [6.07, 6.45) is 2.76. The largest absolute Gasteiger partial charge is 0.289 e. The normalized spacial score (nSPS) is 10.5. The van der Waals surface area contributed by atoms with Crippen LogP contribution in [-0.2, 0) is 0 Å². The van der Waals surface area contributed by atoms with E-state index in [1.807, 2.05) is 0 Å². The fourth-order valence-corrected chi connectivity index (χ4v) is 1.33. The van der Waals surface area contributed by atoms with Gasteiger partial charge in [-0.25, -0.2) is 5.43 Å². The second-order valence-corrected chi connectivity index (χ2v) is 3.52. The number of rotatable bonds is 4. The zero-order valence-electron chi connectivity index (χ0n) is 9.61. The first-order valence-corrected chi connectivity index (χ1v) is 5.24. The second-order valence-electron chi connectivity index (χ2n) is 3.52. The summed E-state index contributed by atoms with van der Waals surface area (Å²) < 4.78 is 0. The number of amides is 1. The highest BCUT2D eigenvalue weighted by Gasteiger charge is 2.05. The van der Waals surface area contributed by atoms with Gasteiger partial charge in [-0.1, -0.05) is 12.1 Å². The molecule has 0 atom stereocenters. The van der Waals surface area contributed by atoms with Gasteiger partial charge in [0.15, 0.2) is 0 Å². The SMILES string of the molecule is O=C(N/N=C\c1cccc([N+](=O)[O-])c1)c1ccn[nH]1. The second kappa shape index (κ2) is 5.54. The van der Waals surface area contributed by atoms with Gasteiger partial charge in [0, 0.05) is 23.9 Å². The molecule has 0 saturated heterocycles. The summed E-state index contributed by atoms with van der Waals surface area (Å²) in [5, 5.41) is 20.4. The van der Waals surface area contributed by atoms with E-state index in [1.54, 1.807) is 6.07 Å². The maximum atomic E-state index is 11.5. The van der Waals surface area contributed by atoms with Crippen molar-refractivity contribution in [2.75, 3.05) is 0 Å². The highest BCUT2D eigenvalue weighted by Crippen LogP contribution is 2.11. The number of hydrogen-bond acceptors (Lipinski definition) is 5. The molecular weight excluding hydrogens is 250 g/mol. The van der Waals surface area contributed by atoms with Gasteiger partial charge in [-0.15, -0.1) is 0 Å². The molecule has 1 aromatic carbocycles. The van der Waals surface area contributed by atoms with Crippen LogP contribution in [0.2, 0.25) is 0 Å². The van der Waals surface area contributed by atoms with Crippen molar-refractivity contribution in [3.05, 3.63) is 57.9 Å². The molecule has 2 aromatic rings. The van der Waals surface area contributed by atoms with E-state index in [4.69, 9.17) is 0 Å². The van der Waals surface area contributed by atoms with Crippen molar-refractivity contribution in [1.82, 2.24) is 15.6 Å². The average molecular weight is 259 g/mol. The Morgan fingerprint density at radius 1 is 1.47 bits per heavy atom. The Labute approximate surface area is 107 Å². The van der Waals surface area contributed by atoms with E-state index >= 15 is 0 Å². The molecule has 19 heavy (non-hydrogen) atoms. The number of aromatic nitrogens is 2. The van der Waals surface area contributed by atoms with Crippen molar-refractivity contribution in [3.63, 3.8) is 0 Å². The zero-order chi connectivity index (χ0) is 13.7. The highest BCUT2D eigenvalue weighted by molar-refractivity contribution is 5.93. The quantitative estimate of drug-likeness (QED) is 0.485. The monoisotopic (exact) mass is 259 g/mol. The lowest BCUT2D eigenvalue weighted by molar-refractivity contribution is -0.384. The lowest BCUT2D eigenvalue weighted by atomic mass is 10.2. The fraction of sp³-hybridized carbons (Fsp3) is 0. The zero-order valence-corrected chi connectivity index (χ0v) is 9.61. The maximum absolute atomic E-state index is 11.5. The molecule has 1 amide bonds. The number of H-pyrrole nitrogens is 1. The van der Waals surface area contributed by atoms with Crippen LogP contribution in [0.4, 0.5) is 5.69 Å². The highest BCUT2D eigenvalue weighted by atomic mass is 16.6. The van der Waals surface area contributed by atoms with E-state index in [2.05, 4.69) is 20.7 Å². The first kappa shape index (κ1) is 12.4. The Hall–Kier alpha value is -3.03. The van der Waals surface area contributed by atoms with E-state index < -0.39 is 10.8 Å². The minimum absolute atomic E-state index is 0.0381. The lowest BCUT2D eigenvalue weighted by Crippen LogP contribution is -2.17. The first-order valence-electron chi connectivity index (χ1n) is 5.24. The molecule has 0 fully saturated rings. The number of carbonyl (C=O) groups excluding carboxylic acids is 1. The molecule has 0 bridgehead atoms. The van der Waals surface area contributed by atoms with Crippen LogP contribution in [0.15, 0.2) is 41.6 Å². The minimum atomic E-state index is -0.499. The Morgan fingerprint density at radius 2 is 2.32 bits per heavy atom. The number of nitro groups is 1. The van der Waals surface area contributed by atoms with Gasteiger partial charge in [0.2, 0.25) is 0 Å². The van der Waals surface area contributed by atoms with Crippen LogP contribution in [0.5, 0.6) is 0 Å². The third-order valence-corrected chi connectivity index (χ3v) is 2.21. The van der Waals surface area contributed by atoms with Crippen LogP contribution < -0.4 is 5.43 Å². The number of nitrogens with zero attached hydrogens (tertiary/aromatic N) is 3. The number of hydrazone groups is 1. The van der Waals surface area contributed by atoms with Gasteiger partial charge in [0.25, 0.3) is 11.6 Å². The van der Waals surface area contributed by atoms with Crippen molar-refractivity contribution >= 4 is 17.8 Å². The molecule has 2 N–H and O–H groups in total. The molecule has 96 valence electrons. The topological polar surface area (TPSA) is 113 Å². The summed E-state index contributed by atoms with van der Waals surface area (Å²) in [7, 11) is 0. The maximum Gasteiger partial charge on any atom is 0.289 e. The Morgan fingerprint density at radius 3 is 3.00 bits per heavy atom. The van der Waals surface area contributed by atoms with Crippen molar-refractivity contribution in [2.45, 2.75) is 0 Å². The van der Waals surface area contributed by atoms with Gasteiger partial charge in [-0.2, -0.15) is 10.2 Å². The van der Waals surface area contributed by atoms with Gasteiger partial charge in [-0.05, 0) is 6.07 Å². The Bertz CT molecular complexity index is 621. The summed E-state index contributed by atoms with van der Waals surface area (Å²) in [6, 6.07) is 7.40. The van der Waals surface area contributed by atoms with Gasteiger partial charge < -0.3 is 0 Å². The van der Waals surface area contributed by atoms with Crippen LogP contribution in [0.1, 0.15) is 16.1 Å². The summed E-state index contributed by atoms with van der Waals surface area (Å²) in [4.78, 5) is 21.5. The fourth-order valence-electron chi connectivity index (χ4n) is 1.33. The third-order valence-electron chi connectivity index (χ3n) is 2.21. The number of non-ortho nitro benzene ring substituents is 1. The molecule has 0 unspecified atom stereocenters. The molecule has 0 aliphatic carbocycles. The van der Waals surface area contributed by atoms with Crippen LogP contribution >= 0.6 is 0 Å².